The molecule has 0 heterocycles. The van der Waals surface area contributed by atoms with Crippen molar-refractivity contribution in [1.29, 1.82) is 0 Å². The first-order chi connectivity index (χ1) is 20.0. The molecule has 41 heavy (non-hydrogen) atoms. The second-order valence-corrected chi connectivity index (χ2v) is 9.53. The molecular formula is C35H29N3O3. The maximum Gasteiger partial charge on any atom is 0.258 e. The van der Waals surface area contributed by atoms with Gasteiger partial charge in [-0.2, -0.15) is 0 Å². The fraction of sp³-hybridized carbons (Fsp3) is 0.0571. The van der Waals surface area contributed by atoms with Gasteiger partial charge in [0.05, 0.1) is 0 Å². The maximum absolute atomic E-state index is 13.2. The van der Waals surface area contributed by atoms with E-state index in [2.05, 4.69) is 10.6 Å². The van der Waals surface area contributed by atoms with Crippen LogP contribution in [0, 0.1) is 0 Å². The maximum atomic E-state index is 13.2. The van der Waals surface area contributed by atoms with Crippen LogP contribution in [0.4, 0.5) is 11.4 Å². The average molecular weight is 540 g/mol. The summed E-state index contributed by atoms with van der Waals surface area (Å²) in [5, 5.41) is 5.83. The summed E-state index contributed by atoms with van der Waals surface area (Å²) >= 11 is 0. The van der Waals surface area contributed by atoms with E-state index in [4.69, 9.17) is 0 Å². The number of para-hydroxylation sites is 1. The molecule has 0 spiro atoms. The van der Waals surface area contributed by atoms with Gasteiger partial charge in [0.1, 0.15) is 0 Å². The minimum atomic E-state index is -0.269. The van der Waals surface area contributed by atoms with Crippen molar-refractivity contribution >= 4 is 29.1 Å². The predicted molar refractivity (Wildman–Crippen MR) is 163 cm³/mol. The third-order valence-corrected chi connectivity index (χ3v) is 6.74. The van der Waals surface area contributed by atoms with Crippen LogP contribution in [0.3, 0.4) is 0 Å². The largest absolute Gasteiger partial charge is 0.348 e. The summed E-state index contributed by atoms with van der Waals surface area (Å²) in [4.78, 5) is 40.5. The smallest absolute Gasteiger partial charge is 0.258 e. The lowest BCUT2D eigenvalue weighted by atomic mass is 9.99. The molecule has 5 rings (SSSR count). The Morgan fingerprint density at radius 3 is 2.02 bits per heavy atom. The van der Waals surface area contributed by atoms with Crippen molar-refractivity contribution in [2.24, 2.45) is 0 Å². The van der Waals surface area contributed by atoms with E-state index in [9.17, 15) is 14.4 Å². The standard InChI is InChI=1S/C35H29N3O3/c1-38(30-15-6-3-7-16-30)35(41)27-21-19-25(20-22-27)24-36-33(39)28-13-10-14-29(23-28)37-34(40)32-18-9-8-17-31(32)26-11-4-2-5-12-26/h2-23H,24H2,1H3,(H,36,39)(H,37,40). The normalized spacial score (nSPS) is 10.5. The summed E-state index contributed by atoms with van der Waals surface area (Å²) in [6.45, 7) is 0.295. The molecule has 2 N–H and O–H groups in total. The van der Waals surface area contributed by atoms with Crippen molar-refractivity contribution in [3.8, 4) is 11.1 Å². The van der Waals surface area contributed by atoms with Crippen molar-refractivity contribution in [3.05, 3.63) is 156 Å². The van der Waals surface area contributed by atoms with Crippen LogP contribution in [-0.2, 0) is 6.54 Å². The molecule has 0 bridgehead atoms. The lowest BCUT2D eigenvalue weighted by Gasteiger charge is -2.17. The van der Waals surface area contributed by atoms with E-state index in [1.165, 1.54) is 0 Å². The molecule has 0 atom stereocenters. The number of nitrogens with zero attached hydrogens (tertiary/aromatic N) is 1. The summed E-state index contributed by atoms with van der Waals surface area (Å²) in [5.41, 5.74) is 5.51. The zero-order valence-electron chi connectivity index (χ0n) is 22.6. The van der Waals surface area contributed by atoms with Crippen LogP contribution >= 0.6 is 0 Å². The summed E-state index contributed by atoms with van der Waals surface area (Å²) < 4.78 is 0. The SMILES string of the molecule is CN(C(=O)c1ccc(CNC(=O)c2cccc(NC(=O)c3ccccc3-c3ccccc3)c2)cc1)c1ccccc1. The highest BCUT2D eigenvalue weighted by molar-refractivity contribution is 6.09. The highest BCUT2D eigenvalue weighted by Crippen LogP contribution is 2.24. The van der Waals surface area contributed by atoms with Gasteiger partial charge in [-0.25, -0.2) is 0 Å². The molecule has 0 unspecified atom stereocenters. The number of carbonyl (C=O) groups is 3. The number of benzene rings is 5. The van der Waals surface area contributed by atoms with Crippen LogP contribution < -0.4 is 15.5 Å². The lowest BCUT2D eigenvalue weighted by molar-refractivity contribution is 0.0948. The van der Waals surface area contributed by atoms with Gasteiger partial charge in [0, 0.05) is 41.7 Å². The van der Waals surface area contributed by atoms with Crippen LogP contribution in [0.15, 0.2) is 133 Å². The molecule has 5 aromatic carbocycles. The minimum absolute atomic E-state index is 0.114. The van der Waals surface area contributed by atoms with Crippen LogP contribution in [-0.4, -0.2) is 24.8 Å². The molecule has 3 amide bonds. The Bertz CT molecular complexity index is 1670. The number of anilines is 2. The Kier molecular flexibility index (Phi) is 8.31. The van der Waals surface area contributed by atoms with Crippen LogP contribution in [0.1, 0.15) is 36.6 Å². The van der Waals surface area contributed by atoms with Gasteiger partial charge in [-0.3, -0.25) is 14.4 Å². The first kappa shape index (κ1) is 27.1. The molecule has 5 aromatic rings. The topological polar surface area (TPSA) is 78.5 Å². The van der Waals surface area contributed by atoms with Gasteiger partial charge in [0.25, 0.3) is 17.7 Å². The molecule has 0 aromatic heterocycles. The Labute approximate surface area is 239 Å². The molecule has 0 aliphatic heterocycles. The van der Waals surface area contributed by atoms with E-state index in [0.717, 1.165) is 22.4 Å². The van der Waals surface area contributed by atoms with Gasteiger partial charge in [0.15, 0.2) is 0 Å². The van der Waals surface area contributed by atoms with Gasteiger partial charge >= 0.3 is 0 Å². The summed E-state index contributed by atoms with van der Waals surface area (Å²) in [7, 11) is 1.74. The molecule has 0 saturated carbocycles. The zero-order chi connectivity index (χ0) is 28.6. The molecule has 6 heteroatoms. The Hall–Kier alpha value is -5.49. The highest BCUT2D eigenvalue weighted by atomic mass is 16.2. The van der Waals surface area contributed by atoms with Gasteiger partial charge in [-0.05, 0) is 65.2 Å². The Morgan fingerprint density at radius 1 is 0.634 bits per heavy atom. The average Bonchev–Trinajstić information content (AvgIpc) is 3.04. The number of amides is 3. The third kappa shape index (κ3) is 6.57. The minimum Gasteiger partial charge on any atom is -0.348 e. The van der Waals surface area contributed by atoms with E-state index < -0.39 is 0 Å². The fourth-order valence-electron chi connectivity index (χ4n) is 4.50. The molecule has 0 aliphatic carbocycles. The van der Waals surface area contributed by atoms with Gasteiger partial charge in [0.2, 0.25) is 0 Å². The van der Waals surface area contributed by atoms with Gasteiger partial charge in [-0.1, -0.05) is 84.9 Å². The molecule has 202 valence electrons. The number of nitrogens with one attached hydrogen (secondary N) is 2. The Morgan fingerprint density at radius 2 is 1.29 bits per heavy atom. The van der Waals surface area contributed by atoms with Crippen LogP contribution in [0.2, 0.25) is 0 Å². The van der Waals surface area contributed by atoms with E-state index in [-0.39, 0.29) is 17.7 Å². The van der Waals surface area contributed by atoms with Gasteiger partial charge < -0.3 is 15.5 Å². The third-order valence-electron chi connectivity index (χ3n) is 6.74. The molecule has 0 radical (unpaired) electrons. The van der Waals surface area contributed by atoms with Crippen LogP contribution in [0.5, 0.6) is 0 Å². The number of carbonyl (C=O) groups excluding carboxylic acids is 3. The first-order valence-electron chi connectivity index (χ1n) is 13.3. The summed E-state index contributed by atoms with van der Waals surface area (Å²) in [5.74, 6) is -0.638. The van der Waals surface area contributed by atoms with Crippen molar-refractivity contribution in [1.82, 2.24) is 5.32 Å². The summed E-state index contributed by atoms with van der Waals surface area (Å²) in [6, 6.07) is 40.6. The molecule has 0 aliphatic rings. The van der Waals surface area contributed by atoms with Crippen LogP contribution in [0.25, 0.3) is 11.1 Å². The van der Waals surface area contributed by atoms with E-state index >= 15 is 0 Å². The van der Waals surface area contributed by atoms with Crippen molar-refractivity contribution in [2.75, 3.05) is 17.3 Å². The number of hydrogen-bond acceptors (Lipinski definition) is 3. The fourth-order valence-corrected chi connectivity index (χ4v) is 4.50. The van der Waals surface area contributed by atoms with E-state index in [1.54, 1.807) is 54.4 Å². The van der Waals surface area contributed by atoms with Crippen molar-refractivity contribution in [2.45, 2.75) is 6.54 Å². The quantitative estimate of drug-likeness (QED) is 0.227. The van der Waals surface area contributed by atoms with Crippen molar-refractivity contribution < 1.29 is 14.4 Å². The van der Waals surface area contributed by atoms with Crippen molar-refractivity contribution in [3.63, 3.8) is 0 Å². The highest BCUT2D eigenvalue weighted by Gasteiger charge is 2.15. The number of hydrogen-bond donors (Lipinski definition) is 2. The van der Waals surface area contributed by atoms with Gasteiger partial charge in [-0.15, -0.1) is 0 Å². The second-order valence-electron chi connectivity index (χ2n) is 9.53. The number of rotatable bonds is 8. The monoisotopic (exact) mass is 539 g/mol. The molecule has 0 fully saturated rings. The predicted octanol–water partition coefficient (Wildman–Crippen LogP) is 6.81. The molecule has 0 saturated heterocycles. The second kappa shape index (κ2) is 12.6. The van der Waals surface area contributed by atoms with E-state index in [1.807, 2.05) is 91.0 Å². The summed E-state index contributed by atoms with van der Waals surface area (Å²) in [6.07, 6.45) is 0. The zero-order valence-corrected chi connectivity index (χ0v) is 22.6. The lowest BCUT2D eigenvalue weighted by Crippen LogP contribution is -2.26. The molecule has 6 nitrogen and oxygen atoms in total. The Balaban J connectivity index is 1.20. The first-order valence-corrected chi connectivity index (χ1v) is 13.3. The molecular weight excluding hydrogens is 510 g/mol. The van der Waals surface area contributed by atoms with E-state index in [0.29, 0.717) is 28.9 Å².